The Kier molecular flexibility index (Phi) is 13.7. The standard InChI is InChI=1S/C18H32O10/c1-2-20-4-6-22-10-14-26-18-17(25-13-9-21-5-3-19-1)27-15-11-23-7-8-24-12-16-28-18/h1-16H2/b18-17-. The zero-order valence-corrected chi connectivity index (χ0v) is 16.4. The maximum atomic E-state index is 5.68. The molecule has 0 saturated heterocycles. The Labute approximate surface area is 165 Å². The van der Waals surface area contributed by atoms with Gasteiger partial charge in [-0.25, -0.2) is 0 Å². The van der Waals surface area contributed by atoms with Gasteiger partial charge in [0, 0.05) is 0 Å². The summed E-state index contributed by atoms with van der Waals surface area (Å²) in [5.74, 6) is 0.321. The highest BCUT2D eigenvalue weighted by Crippen LogP contribution is 2.13. The van der Waals surface area contributed by atoms with Crippen molar-refractivity contribution in [2.75, 3.05) is 106 Å². The number of rotatable bonds is 0. The molecule has 2 rings (SSSR count). The molecule has 28 heavy (non-hydrogen) atoms. The van der Waals surface area contributed by atoms with Crippen LogP contribution in [0.25, 0.3) is 0 Å². The number of hydrogen-bond acceptors (Lipinski definition) is 10. The van der Waals surface area contributed by atoms with Crippen molar-refractivity contribution in [3.8, 4) is 0 Å². The van der Waals surface area contributed by atoms with Gasteiger partial charge in [-0.3, -0.25) is 0 Å². The average Bonchev–Trinajstić information content (AvgIpc) is 2.70. The van der Waals surface area contributed by atoms with Gasteiger partial charge in [-0.1, -0.05) is 0 Å². The van der Waals surface area contributed by atoms with Crippen LogP contribution in [0.4, 0.5) is 0 Å². The minimum atomic E-state index is 0.161. The molecule has 2 aliphatic heterocycles. The summed E-state index contributed by atoms with van der Waals surface area (Å²) in [6.07, 6.45) is 0. The van der Waals surface area contributed by atoms with Gasteiger partial charge in [-0.15, -0.1) is 0 Å². The smallest absolute Gasteiger partial charge is 0.364 e. The SMILES string of the molecule is C1COCCOCCO/C2=C(\OCCOCCO1)OCCOCCOCCO2. The molecule has 0 aromatic rings. The summed E-state index contributed by atoms with van der Waals surface area (Å²) >= 11 is 0. The molecule has 0 atom stereocenters. The first-order valence-corrected chi connectivity index (χ1v) is 9.69. The second kappa shape index (κ2) is 16.6. The van der Waals surface area contributed by atoms with Crippen LogP contribution in [0.5, 0.6) is 0 Å². The van der Waals surface area contributed by atoms with E-state index in [0.717, 1.165) is 0 Å². The van der Waals surface area contributed by atoms with Crippen molar-refractivity contribution in [1.29, 1.82) is 0 Å². The van der Waals surface area contributed by atoms with Crippen LogP contribution in [0, 0.1) is 0 Å². The van der Waals surface area contributed by atoms with Crippen LogP contribution < -0.4 is 0 Å². The van der Waals surface area contributed by atoms with Crippen LogP contribution >= 0.6 is 0 Å². The van der Waals surface area contributed by atoms with E-state index in [4.69, 9.17) is 47.4 Å². The monoisotopic (exact) mass is 408 g/mol. The highest BCUT2D eigenvalue weighted by atomic mass is 16.7. The van der Waals surface area contributed by atoms with Crippen molar-refractivity contribution in [1.82, 2.24) is 0 Å². The summed E-state index contributed by atoms with van der Waals surface area (Å²) in [7, 11) is 0. The Morgan fingerprint density at radius 3 is 0.643 bits per heavy atom. The largest absolute Gasteiger partial charge is 0.458 e. The minimum absolute atomic E-state index is 0.161. The van der Waals surface area contributed by atoms with Gasteiger partial charge in [-0.05, 0) is 0 Å². The summed E-state index contributed by atoms with van der Waals surface area (Å²) in [6.45, 7) is 6.70. The molecule has 0 spiro atoms. The summed E-state index contributed by atoms with van der Waals surface area (Å²) in [5, 5.41) is 0. The first-order chi connectivity index (χ1) is 14.0. The third-order valence-electron chi connectivity index (χ3n) is 3.50. The fourth-order valence-electron chi connectivity index (χ4n) is 2.18. The molecule has 2 aliphatic rings. The molecular formula is C18H32O10. The maximum Gasteiger partial charge on any atom is 0.364 e. The zero-order chi connectivity index (χ0) is 19.5. The van der Waals surface area contributed by atoms with Crippen LogP contribution in [0.15, 0.2) is 11.9 Å². The summed E-state index contributed by atoms with van der Waals surface area (Å²) < 4.78 is 55.3. The second-order valence-corrected chi connectivity index (χ2v) is 5.64. The Morgan fingerprint density at radius 1 is 0.250 bits per heavy atom. The molecule has 0 bridgehead atoms. The molecule has 2 heterocycles. The van der Waals surface area contributed by atoms with E-state index in [1.165, 1.54) is 0 Å². The minimum Gasteiger partial charge on any atom is -0.458 e. The molecule has 164 valence electrons. The molecular weight excluding hydrogens is 376 g/mol. The molecule has 0 unspecified atom stereocenters. The van der Waals surface area contributed by atoms with Crippen LogP contribution in [0.2, 0.25) is 0 Å². The fourth-order valence-corrected chi connectivity index (χ4v) is 2.18. The van der Waals surface area contributed by atoms with E-state index < -0.39 is 0 Å². The van der Waals surface area contributed by atoms with Crippen molar-refractivity contribution in [3.05, 3.63) is 11.9 Å². The van der Waals surface area contributed by atoms with E-state index in [0.29, 0.717) is 92.5 Å². The van der Waals surface area contributed by atoms with E-state index in [2.05, 4.69) is 0 Å². The highest BCUT2D eigenvalue weighted by molar-refractivity contribution is 4.87. The highest BCUT2D eigenvalue weighted by Gasteiger charge is 2.16. The Bertz CT molecular complexity index is 368. The molecule has 0 amide bonds. The Hall–Kier alpha value is -1.30. The van der Waals surface area contributed by atoms with Gasteiger partial charge in [0.1, 0.15) is 26.4 Å². The van der Waals surface area contributed by atoms with E-state index in [9.17, 15) is 0 Å². The van der Waals surface area contributed by atoms with Crippen molar-refractivity contribution < 1.29 is 47.4 Å². The lowest BCUT2D eigenvalue weighted by molar-refractivity contribution is -0.0868. The van der Waals surface area contributed by atoms with Crippen molar-refractivity contribution in [2.24, 2.45) is 0 Å². The summed E-state index contributed by atoms with van der Waals surface area (Å²) in [4.78, 5) is 0. The van der Waals surface area contributed by atoms with Crippen LogP contribution in [-0.2, 0) is 47.4 Å². The van der Waals surface area contributed by atoms with Crippen LogP contribution in [-0.4, -0.2) is 106 Å². The van der Waals surface area contributed by atoms with Gasteiger partial charge in [0.15, 0.2) is 0 Å². The summed E-state index contributed by atoms with van der Waals surface area (Å²) in [5.41, 5.74) is 0. The second-order valence-electron chi connectivity index (χ2n) is 5.64. The molecule has 0 fully saturated rings. The molecule has 0 aromatic carbocycles. The summed E-state index contributed by atoms with van der Waals surface area (Å²) in [6, 6.07) is 0. The quantitative estimate of drug-likeness (QED) is 0.557. The Balaban J connectivity index is 1.90. The topological polar surface area (TPSA) is 92.3 Å². The van der Waals surface area contributed by atoms with Crippen LogP contribution in [0.1, 0.15) is 0 Å². The first-order valence-electron chi connectivity index (χ1n) is 9.69. The molecule has 10 heteroatoms. The number of ether oxygens (including phenoxy) is 10. The average molecular weight is 408 g/mol. The van der Waals surface area contributed by atoms with Gasteiger partial charge in [-0.2, -0.15) is 0 Å². The zero-order valence-electron chi connectivity index (χ0n) is 16.4. The third-order valence-corrected chi connectivity index (χ3v) is 3.50. The molecule has 0 aliphatic carbocycles. The van der Waals surface area contributed by atoms with E-state index in [-0.39, 0.29) is 25.1 Å². The van der Waals surface area contributed by atoms with Crippen molar-refractivity contribution in [3.63, 3.8) is 0 Å². The molecule has 0 saturated carbocycles. The molecule has 10 nitrogen and oxygen atoms in total. The normalized spacial score (nSPS) is 26.3. The predicted octanol–water partition coefficient (Wildman–Crippen LogP) is 0.306. The maximum absolute atomic E-state index is 5.68. The number of hydrogen-bond donors (Lipinski definition) is 0. The van der Waals surface area contributed by atoms with Gasteiger partial charge in [0.05, 0.1) is 79.3 Å². The molecule has 0 N–H and O–H groups in total. The van der Waals surface area contributed by atoms with E-state index in [1.807, 2.05) is 0 Å². The molecule has 0 radical (unpaired) electrons. The van der Waals surface area contributed by atoms with Crippen LogP contribution in [0.3, 0.4) is 0 Å². The molecule has 0 aromatic heterocycles. The van der Waals surface area contributed by atoms with Crippen molar-refractivity contribution in [2.45, 2.75) is 0 Å². The van der Waals surface area contributed by atoms with E-state index >= 15 is 0 Å². The first kappa shape index (κ1) is 23.0. The lowest BCUT2D eigenvalue weighted by atomic mass is 10.6. The van der Waals surface area contributed by atoms with Gasteiger partial charge < -0.3 is 47.4 Å². The lowest BCUT2D eigenvalue weighted by Gasteiger charge is -2.19. The lowest BCUT2D eigenvalue weighted by Crippen LogP contribution is -2.19. The Morgan fingerprint density at radius 2 is 0.429 bits per heavy atom. The van der Waals surface area contributed by atoms with E-state index in [1.54, 1.807) is 0 Å². The van der Waals surface area contributed by atoms with Gasteiger partial charge in [0.2, 0.25) is 0 Å². The third kappa shape index (κ3) is 11.5. The fraction of sp³-hybridized carbons (Fsp3) is 0.889. The van der Waals surface area contributed by atoms with Gasteiger partial charge >= 0.3 is 11.9 Å². The van der Waals surface area contributed by atoms with Crippen molar-refractivity contribution >= 4 is 0 Å². The predicted molar refractivity (Wildman–Crippen MR) is 95.7 cm³/mol. The van der Waals surface area contributed by atoms with Gasteiger partial charge in [0.25, 0.3) is 0 Å².